The van der Waals surface area contributed by atoms with Crippen molar-refractivity contribution in [3.05, 3.63) is 48.0 Å². The summed E-state index contributed by atoms with van der Waals surface area (Å²) in [7, 11) is 0. The highest BCUT2D eigenvalue weighted by atomic mass is 14.4. The molecule has 0 saturated heterocycles. The Balaban J connectivity index is 2.36. The molecule has 0 aliphatic heterocycles. The minimum Gasteiger partial charge on any atom is -0.197 e. The van der Waals surface area contributed by atoms with E-state index in [1.165, 1.54) is 6.42 Å². The Hall–Kier alpha value is -1.55. The second-order valence-electron chi connectivity index (χ2n) is 4.65. The molecule has 0 bridgehead atoms. The molecule has 2 rings (SSSR count). The minimum atomic E-state index is -0.377. The van der Waals surface area contributed by atoms with E-state index < -0.39 is 0 Å². The van der Waals surface area contributed by atoms with Gasteiger partial charge in [0.2, 0.25) is 0 Å². The highest BCUT2D eigenvalue weighted by Gasteiger charge is 2.34. The van der Waals surface area contributed by atoms with Crippen LogP contribution in [0.1, 0.15) is 31.7 Å². The molecule has 82 valence electrons. The number of allylic oxidation sites excluding steroid dienone is 2. The molecular formula is C15H17N. The van der Waals surface area contributed by atoms with Crippen molar-refractivity contribution < 1.29 is 0 Å². The van der Waals surface area contributed by atoms with Crippen LogP contribution in [0.5, 0.6) is 0 Å². The fraction of sp³-hybridized carbons (Fsp3) is 0.400. The molecule has 1 aromatic carbocycles. The van der Waals surface area contributed by atoms with Gasteiger partial charge in [-0.3, -0.25) is 0 Å². The van der Waals surface area contributed by atoms with E-state index in [2.05, 4.69) is 37.3 Å². The first-order valence-corrected chi connectivity index (χ1v) is 5.91. The highest BCUT2D eigenvalue weighted by Crippen LogP contribution is 2.37. The molecule has 0 amide bonds. The molecule has 0 aromatic heterocycles. The molecule has 0 saturated carbocycles. The quantitative estimate of drug-likeness (QED) is 0.682. The SMILES string of the molecule is CC(C#N)(c1ccccc1)C1C=CCCC1. The summed E-state index contributed by atoms with van der Waals surface area (Å²) >= 11 is 0. The second-order valence-corrected chi connectivity index (χ2v) is 4.65. The molecule has 1 aliphatic carbocycles. The Bertz CT molecular complexity index is 413. The van der Waals surface area contributed by atoms with E-state index in [4.69, 9.17) is 0 Å². The van der Waals surface area contributed by atoms with Gasteiger partial charge in [0.1, 0.15) is 0 Å². The van der Waals surface area contributed by atoms with E-state index in [1.807, 2.05) is 18.2 Å². The van der Waals surface area contributed by atoms with Gasteiger partial charge in [-0.2, -0.15) is 5.26 Å². The van der Waals surface area contributed by atoms with Crippen LogP contribution in [0.2, 0.25) is 0 Å². The van der Waals surface area contributed by atoms with E-state index >= 15 is 0 Å². The third-order valence-corrected chi connectivity index (χ3v) is 3.60. The van der Waals surface area contributed by atoms with Crippen molar-refractivity contribution in [1.29, 1.82) is 5.26 Å². The van der Waals surface area contributed by atoms with Gasteiger partial charge < -0.3 is 0 Å². The lowest BCUT2D eigenvalue weighted by Crippen LogP contribution is -2.30. The third kappa shape index (κ3) is 1.88. The summed E-state index contributed by atoms with van der Waals surface area (Å²) in [5.74, 6) is 0.355. The lowest BCUT2D eigenvalue weighted by atomic mass is 9.69. The smallest absolute Gasteiger partial charge is 0.0856 e. The van der Waals surface area contributed by atoms with Crippen LogP contribution in [-0.4, -0.2) is 0 Å². The summed E-state index contributed by atoms with van der Waals surface area (Å²) < 4.78 is 0. The standard InChI is InChI=1S/C15H17N/c1-15(12-16,13-8-4-2-5-9-13)14-10-6-3-7-11-14/h2,4-6,8-10,14H,3,7,11H2,1H3. The molecule has 1 nitrogen and oxygen atoms in total. The van der Waals surface area contributed by atoms with Gasteiger partial charge in [0.05, 0.1) is 11.5 Å². The van der Waals surface area contributed by atoms with Crippen molar-refractivity contribution in [1.82, 2.24) is 0 Å². The maximum Gasteiger partial charge on any atom is 0.0856 e. The van der Waals surface area contributed by atoms with Crippen LogP contribution in [0.25, 0.3) is 0 Å². The lowest BCUT2D eigenvalue weighted by molar-refractivity contribution is 0.393. The number of nitrogens with zero attached hydrogens (tertiary/aromatic N) is 1. The van der Waals surface area contributed by atoms with Gasteiger partial charge in [-0.15, -0.1) is 0 Å². The van der Waals surface area contributed by atoms with Gasteiger partial charge in [0.25, 0.3) is 0 Å². The van der Waals surface area contributed by atoms with E-state index in [-0.39, 0.29) is 5.41 Å². The fourth-order valence-corrected chi connectivity index (χ4v) is 2.44. The van der Waals surface area contributed by atoms with Crippen molar-refractivity contribution in [3.63, 3.8) is 0 Å². The predicted molar refractivity (Wildman–Crippen MR) is 65.9 cm³/mol. The van der Waals surface area contributed by atoms with E-state index in [0.717, 1.165) is 18.4 Å². The molecule has 1 aromatic rings. The first kappa shape index (κ1) is 11.0. The number of hydrogen-bond donors (Lipinski definition) is 0. The van der Waals surface area contributed by atoms with Crippen LogP contribution in [0.15, 0.2) is 42.5 Å². The monoisotopic (exact) mass is 211 g/mol. The fourth-order valence-electron chi connectivity index (χ4n) is 2.44. The molecule has 2 atom stereocenters. The van der Waals surface area contributed by atoms with Crippen LogP contribution < -0.4 is 0 Å². The molecule has 0 N–H and O–H groups in total. The Kier molecular flexibility index (Phi) is 3.10. The van der Waals surface area contributed by atoms with Crippen molar-refractivity contribution in [2.24, 2.45) is 5.92 Å². The van der Waals surface area contributed by atoms with E-state index in [0.29, 0.717) is 5.92 Å². The molecule has 0 radical (unpaired) electrons. The first-order valence-electron chi connectivity index (χ1n) is 5.91. The molecule has 1 heteroatoms. The molecule has 2 unspecified atom stereocenters. The normalized spacial score (nSPS) is 23.4. The summed E-state index contributed by atoms with van der Waals surface area (Å²) in [5, 5.41) is 9.51. The van der Waals surface area contributed by atoms with Gasteiger partial charge in [-0.05, 0) is 37.7 Å². The topological polar surface area (TPSA) is 23.8 Å². The Morgan fingerprint density at radius 1 is 1.31 bits per heavy atom. The third-order valence-electron chi connectivity index (χ3n) is 3.60. The molecule has 0 spiro atoms. The Labute approximate surface area is 97.4 Å². The summed E-state index contributed by atoms with van der Waals surface area (Å²) in [6.45, 7) is 2.06. The molecule has 0 fully saturated rings. The van der Waals surface area contributed by atoms with Crippen LogP contribution in [0.4, 0.5) is 0 Å². The average Bonchev–Trinajstić information content (AvgIpc) is 2.40. The average molecular weight is 211 g/mol. The Morgan fingerprint density at radius 3 is 2.62 bits per heavy atom. The predicted octanol–water partition coefficient (Wildman–Crippen LogP) is 3.82. The number of rotatable bonds is 2. The number of nitriles is 1. The van der Waals surface area contributed by atoms with Crippen LogP contribution in [0, 0.1) is 17.2 Å². The highest BCUT2D eigenvalue weighted by molar-refractivity contribution is 5.34. The van der Waals surface area contributed by atoms with Gasteiger partial charge in [-0.25, -0.2) is 0 Å². The number of hydrogen-bond acceptors (Lipinski definition) is 1. The second kappa shape index (κ2) is 4.53. The molecular weight excluding hydrogens is 194 g/mol. The zero-order chi connectivity index (χ0) is 11.4. The van der Waals surface area contributed by atoms with Gasteiger partial charge in [0.15, 0.2) is 0 Å². The Morgan fingerprint density at radius 2 is 2.06 bits per heavy atom. The minimum absolute atomic E-state index is 0.355. The molecule has 1 aliphatic rings. The van der Waals surface area contributed by atoms with Crippen molar-refractivity contribution in [2.75, 3.05) is 0 Å². The van der Waals surface area contributed by atoms with Crippen molar-refractivity contribution in [2.45, 2.75) is 31.6 Å². The van der Waals surface area contributed by atoms with Gasteiger partial charge >= 0.3 is 0 Å². The zero-order valence-corrected chi connectivity index (χ0v) is 9.69. The van der Waals surface area contributed by atoms with Crippen molar-refractivity contribution in [3.8, 4) is 6.07 Å². The van der Waals surface area contributed by atoms with E-state index in [9.17, 15) is 5.26 Å². The van der Waals surface area contributed by atoms with E-state index in [1.54, 1.807) is 0 Å². The largest absolute Gasteiger partial charge is 0.197 e. The number of benzene rings is 1. The van der Waals surface area contributed by atoms with Crippen LogP contribution >= 0.6 is 0 Å². The molecule has 0 heterocycles. The van der Waals surface area contributed by atoms with Crippen molar-refractivity contribution >= 4 is 0 Å². The van der Waals surface area contributed by atoms with Crippen LogP contribution in [-0.2, 0) is 5.41 Å². The summed E-state index contributed by atoms with van der Waals surface area (Å²) in [6, 6.07) is 12.7. The molecule has 16 heavy (non-hydrogen) atoms. The maximum atomic E-state index is 9.51. The zero-order valence-electron chi connectivity index (χ0n) is 9.69. The maximum absolute atomic E-state index is 9.51. The van der Waals surface area contributed by atoms with Crippen LogP contribution in [0.3, 0.4) is 0 Å². The first-order chi connectivity index (χ1) is 7.77. The van der Waals surface area contributed by atoms with Gasteiger partial charge in [-0.1, -0.05) is 42.5 Å². The summed E-state index contributed by atoms with van der Waals surface area (Å²) in [6.07, 6.45) is 7.92. The lowest BCUT2D eigenvalue weighted by Gasteiger charge is -2.31. The van der Waals surface area contributed by atoms with Gasteiger partial charge in [0, 0.05) is 0 Å². The summed E-state index contributed by atoms with van der Waals surface area (Å²) in [4.78, 5) is 0. The summed E-state index contributed by atoms with van der Waals surface area (Å²) in [5.41, 5.74) is 0.757.